The van der Waals surface area contributed by atoms with Crippen molar-refractivity contribution >= 4 is 11.8 Å². The molecule has 0 bridgehead atoms. The minimum atomic E-state index is -0.739. The molecule has 21 heavy (non-hydrogen) atoms. The fraction of sp³-hybridized carbons (Fsp3) is 0.875. The number of piperazine rings is 1. The molecule has 1 N–H and O–H groups in total. The maximum Gasteiger partial charge on any atom is 0.246 e. The molecule has 0 aromatic carbocycles. The van der Waals surface area contributed by atoms with Crippen molar-refractivity contribution in [2.24, 2.45) is 5.92 Å². The summed E-state index contributed by atoms with van der Waals surface area (Å²) in [5, 5.41) is 2.91. The van der Waals surface area contributed by atoms with E-state index in [2.05, 4.69) is 19.2 Å². The van der Waals surface area contributed by atoms with Crippen LogP contribution in [0.3, 0.4) is 0 Å². The third kappa shape index (κ3) is 4.19. The predicted octanol–water partition coefficient (Wildman–Crippen LogP) is 1.95. The van der Waals surface area contributed by atoms with E-state index in [9.17, 15) is 9.59 Å². The van der Waals surface area contributed by atoms with E-state index in [4.69, 9.17) is 4.74 Å². The van der Waals surface area contributed by atoms with Gasteiger partial charge in [-0.1, -0.05) is 20.8 Å². The van der Waals surface area contributed by atoms with Gasteiger partial charge in [0.15, 0.2) is 0 Å². The molecule has 1 aliphatic rings. The first-order valence-corrected chi connectivity index (χ1v) is 8.07. The molecule has 122 valence electrons. The summed E-state index contributed by atoms with van der Waals surface area (Å²) in [6.45, 7) is 11.8. The van der Waals surface area contributed by atoms with Gasteiger partial charge in [-0.3, -0.25) is 9.59 Å². The van der Waals surface area contributed by atoms with Crippen molar-refractivity contribution < 1.29 is 14.3 Å². The zero-order valence-electron chi connectivity index (χ0n) is 14.1. The first-order chi connectivity index (χ1) is 9.86. The van der Waals surface area contributed by atoms with Gasteiger partial charge in [0, 0.05) is 19.8 Å². The van der Waals surface area contributed by atoms with Crippen LogP contribution in [0.4, 0.5) is 0 Å². The zero-order chi connectivity index (χ0) is 16.0. The highest BCUT2D eigenvalue weighted by atomic mass is 16.5. The molecular weight excluding hydrogens is 268 g/mol. The molecule has 0 radical (unpaired) electrons. The summed E-state index contributed by atoms with van der Waals surface area (Å²) < 4.78 is 5.34. The number of nitrogens with one attached hydrogen (secondary N) is 1. The van der Waals surface area contributed by atoms with E-state index in [1.807, 2.05) is 20.8 Å². The Labute approximate surface area is 128 Å². The second-order valence-corrected chi connectivity index (χ2v) is 6.32. The van der Waals surface area contributed by atoms with E-state index >= 15 is 0 Å². The van der Waals surface area contributed by atoms with E-state index in [0.29, 0.717) is 38.5 Å². The lowest BCUT2D eigenvalue weighted by molar-refractivity contribution is -0.157. The summed E-state index contributed by atoms with van der Waals surface area (Å²) in [6, 6.07) is -0.385. The Morgan fingerprint density at radius 1 is 1.33 bits per heavy atom. The monoisotopic (exact) mass is 298 g/mol. The standard InChI is InChI=1S/C16H30N2O3/c1-6-16(5)15(20)17-13(11-12(3)4)14(19)18(16)9-8-10-21-7-2/h12-13H,6-11H2,1-5H3,(H,17,20). The van der Waals surface area contributed by atoms with Gasteiger partial charge >= 0.3 is 0 Å². The molecule has 0 aromatic heterocycles. The lowest BCUT2D eigenvalue weighted by atomic mass is 9.88. The van der Waals surface area contributed by atoms with Crippen molar-refractivity contribution in [1.82, 2.24) is 10.2 Å². The average Bonchev–Trinajstić information content (AvgIpc) is 2.43. The van der Waals surface area contributed by atoms with Crippen LogP contribution in [0.25, 0.3) is 0 Å². The van der Waals surface area contributed by atoms with Crippen LogP contribution in [0.2, 0.25) is 0 Å². The number of nitrogens with zero attached hydrogens (tertiary/aromatic N) is 1. The first-order valence-electron chi connectivity index (χ1n) is 8.07. The maximum absolute atomic E-state index is 12.7. The van der Waals surface area contributed by atoms with Gasteiger partial charge in [-0.05, 0) is 39.0 Å². The van der Waals surface area contributed by atoms with Gasteiger partial charge in [-0.25, -0.2) is 0 Å². The number of carbonyl (C=O) groups is 2. The fourth-order valence-corrected chi connectivity index (χ4v) is 2.74. The Kier molecular flexibility index (Phi) is 6.65. The predicted molar refractivity (Wildman–Crippen MR) is 82.9 cm³/mol. The van der Waals surface area contributed by atoms with Crippen molar-refractivity contribution in [3.05, 3.63) is 0 Å². The van der Waals surface area contributed by atoms with Crippen LogP contribution in [0.5, 0.6) is 0 Å². The second kappa shape index (κ2) is 7.78. The molecule has 0 spiro atoms. The van der Waals surface area contributed by atoms with Gasteiger partial charge in [-0.15, -0.1) is 0 Å². The van der Waals surface area contributed by atoms with Gasteiger partial charge in [0.1, 0.15) is 11.6 Å². The number of carbonyl (C=O) groups excluding carboxylic acids is 2. The molecule has 1 aliphatic heterocycles. The smallest absolute Gasteiger partial charge is 0.246 e. The Bertz CT molecular complexity index is 371. The van der Waals surface area contributed by atoms with Crippen LogP contribution < -0.4 is 5.32 Å². The highest BCUT2D eigenvalue weighted by Crippen LogP contribution is 2.27. The Morgan fingerprint density at radius 2 is 2.00 bits per heavy atom. The average molecular weight is 298 g/mol. The molecule has 1 rings (SSSR count). The lowest BCUT2D eigenvalue weighted by Gasteiger charge is -2.46. The van der Waals surface area contributed by atoms with Crippen molar-refractivity contribution in [2.75, 3.05) is 19.8 Å². The number of ether oxygens (including phenoxy) is 1. The van der Waals surface area contributed by atoms with Crippen molar-refractivity contribution in [1.29, 1.82) is 0 Å². The molecule has 2 amide bonds. The Morgan fingerprint density at radius 3 is 2.52 bits per heavy atom. The highest BCUT2D eigenvalue weighted by molar-refractivity contribution is 5.99. The maximum atomic E-state index is 12.7. The molecule has 2 atom stereocenters. The van der Waals surface area contributed by atoms with E-state index < -0.39 is 5.54 Å². The molecule has 1 fully saturated rings. The van der Waals surface area contributed by atoms with E-state index in [1.54, 1.807) is 4.90 Å². The van der Waals surface area contributed by atoms with E-state index in [0.717, 1.165) is 6.42 Å². The van der Waals surface area contributed by atoms with Crippen LogP contribution in [0, 0.1) is 5.92 Å². The molecule has 1 saturated heterocycles. The lowest BCUT2D eigenvalue weighted by Crippen LogP contribution is -2.69. The zero-order valence-corrected chi connectivity index (χ0v) is 14.1. The third-order valence-electron chi connectivity index (χ3n) is 4.22. The van der Waals surface area contributed by atoms with Crippen molar-refractivity contribution in [3.63, 3.8) is 0 Å². The minimum Gasteiger partial charge on any atom is -0.382 e. The van der Waals surface area contributed by atoms with Crippen LogP contribution >= 0.6 is 0 Å². The van der Waals surface area contributed by atoms with Crippen molar-refractivity contribution in [2.45, 2.75) is 65.5 Å². The Balaban J connectivity index is 2.83. The SMILES string of the molecule is CCOCCCN1C(=O)C(CC(C)C)NC(=O)C1(C)CC. The topological polar surface area (TPSA) is 58.6 Å². The van der Waals surface area contributed by atoms with Crippen LogP contribution in [0.1, 0.15) is 53.9 Å². The van der Waals surface area contributed by atoms with Crippen LogP contribution in [-0.4, -0.2) is 48.1 Å². The first kappa shape index (κ1) is 18.0. The number of hydrogen-bond donors (Lipinski definition) is 1. The third-order valence-corrected chi connectivity index (χ3v) is 4.22. The van der Waals surface area contributed by atoms with E-state index in [-0.39, 0.29) is 17.9 Å². The quantitative estimate of drug-likeness (QED) is 0.697. The van der Waals surface area contributed by atoms with Gasteiger partial charge in [0.05, 0.1) is 0 Å². The summed E-state index contributed by atoms with van der Waals surface area (Å²) in [7, 11) is 0. The molecule has 5 heteroatoms. The van der Waals surface area contributed by atoms with Gasteiger partial charge in [0.2, 0.25) is 11.8 Å². The number of hydrogen-bond acceptors (Lipinski definition) is 3. The molecule has 2 unspecified atom stereocenters. The molecule has 0 saturated carbocycles. The normalized spacial score (nSPS) is 26.4. The minimum absolute atomic E-state index is 0.0355. The largest absolute Gasteiger partial charge is 0.382 e. The molecular formula is C16H30N2O3. The van der Waals surface area contributed by atoms with Gasteiger partial charge < -0.3 is 15.0 Å². The molecule has 1 heterocycles. The van der Waals surface area contributed by atoms with Crippen LogP contribution in [-0.2, 0) is 14.3 Å². The number of rotatable bonds is 8. The molecule has 0 aliphatic carbocycles. The second-order valence-electron chi connectivity index (χ2n) is 6.32. The van der Waals surface area contributed by atoms with E-state index in [1.165, 1.54) is 0 Å². The van der Waals surface area contributed by atoms with Gasteiger partial charge in [-0.2, -0.15) is 0 Å². The van der Waals surface area contributed by atoms with Crippen molar-refractivity contribution in [3.8, 4) is 0 Å². The highest BCUT2D eigenvalue weighted by Gasteiger charge is 2.47. The summed E-state index contributed by atoms with van der Waals surface area (Å²) in [5.41, 5.74) is -0.739. The molecule has 0 aromatic rings. The summed E-state index contributed by atoms with van der Waals surface area (Å²) in [6.07, 6.45) is 2.07. The van der Waals surface area contributed by atoms with Crippen LogP contribution in [0.15, 0.2) is 0 Å². The Hall–Kier alpha value is -1.10. The summed E-state index contributed by atoms with van der Waals surface area (Å²) >= 11 is 0. The molecule has 5 nitrogen and oxygen atoms in total. The number of amides is 2. The summed E-state index contributed by atoms with van der Waals surface area (Å²) in [5.74, 6) is 0.381. The van der Waals surface area contributed by atoms with Gasteiger partial charge in [0.25, 0.3) is 0 Å². The summed E-state index contributed by atoms with van der Waals surface area (Å²) in [4.78, 5) is 26.9. The fourth-order valence-electron chi connectivity index (χ4n) is 2.74.